The minimum Gasteiger partial charge on any atom is -0.496 e. The van der Waals surface area contributed by atoms with Crippen LogP contribution >= 0.6 is 0 Å². The number of methoxy groups -OCH3 is 3. The summed E-state index contributed by atoms with van der Waals surface area (Å²) in [6.07, 6.45) is 1.39. The van der Waals surface area contributed by atoms with Crippen LogP contribution in [0.15, 0.2) is 28.1 Å². The summed E-state index contributed by atoms with van der Waals surface area (Å²) in [5.74, 6) is 0.873. The van der Waals surface area contributed by atoms with Crippen molar-refractivity contribution < 1.29 is 19.0 Å². The summed E-state index contributed by atoms with van der Waals surface area (Å²) in [5.41, 5.74) is 2.76. The molecule has 9 heteroatoms. The number of rotatable bonds is 6. The van der Waals surface area contributed by atoms with Crippen LogP contribution in [0.4, 0.5) is 0 Å². The van der Waals surface area contributed by atoms with Gasteiger partial charge in [0.25, 0.3) is 5.91 Å². The first kappa shape index (κ1) is 18.0. The molecule has 0 aliphatic rings. The quantitative estimate of drug-likeness (QED) is 0.592. The van der Waals surface area contributed by atoms with Crippen LogP contribution in [-0.2, 0) is 0 Å². The van der Waals surface area contributed by atoms with E-state index in [9.17, 15) is 9.59 Å². The van der Waals surface area contributed by atoms with Gasteiger partial charge in [0.1, 0.15) is 11.4 Å². The van der Waals surface area contributed by atoms with E-state index in [2.05, 4.69) is 20.5 Å². The van der Waals surface area contributed by atoms with E-state index in [0.717, 1.165) is 0 Å². The Morgan fingerprint density at radius 1 is 1.12 bits per heavy atom. The fourth-order valence-corrected chi connectivity index (χ4v) is 2.07. The van der Waals surface area contributed by atoms with Crippen molar-refractivity contribution in [2.75, 3.05) is 21.3 Å². The molecule has 2 rings (SSSR count). The molecule has 1 amide bonds. The summed E-state index contributed by atoms with van der Waals surface area (Å²) in [6.45, 7) is 1.65. The van der Waals surface area contributed by atoms with Gasteiger partial charge in [-0.05, 0) is 19.1 Å². The number of amides is 1. The Kier molecular flexibility index (Phi) is 5.72. The van der Waals surface area contributed by atoms with Gasteiger partial charge in [0, 0.05) is 17.3 Å². The van der Waals surface area contributed by atoms with Crippen molar-refractivity contribution in [2.45, 2.75) is 6.92 Å². The van der Waals surface area contributed by atoms with E-state index in [-0.39, 0.29) is 5.69 Å². The summed E-state index contributed by atoms with van der Waals surface area (Å²) >= 11 is 0. The molecule has 0 atom stereocenters. The number of hydrazone groups is 1. The number of hydrogen-bond acceptors (Lipinski definition) is 7. The second-order valence-corrected chi connectivity index (χ2v) is 4.90. The van der Waals surface area contributed by atoms with Gasteiger partial charge in [-0.25, -0.2) is 10.2 Å². The Morgan fingerprint density at radius 2 is 1.76 bits per heavy atom. The minimum absolute atomic E-state index is 0.0299. The molecule has 0 fully saturated rings. The molecule has 0 saturated heterocycles. The van der Waals surface area contributed by atoms with Crippen molar-refractivity contribution in [3.05, 3.63) is 45.6 Å². The Labute approximate surface area is 143 Å². The Hall–Kier alpha value is -3.36. The lowest BCUT2D eigenvalue weighted by molar-refractivity contribution is 0.0949. The zero-order valence-corrected chi connectivity index (χ0v) is 14.2. The van der Waals surface area contributed by atoms with Crippen LogP contribution in [0, 0.1) is 6.92 Å². The largest absolute Gasteiger partial charge is 0.496 e. The second-order valence-electron chi connectivity index (χ2n) is 4.90. The number of aromatic amines is 1. The Morgan fingerprint density at radius 3 is 2.36 bits per heavy atom. The van der Waals surface area contributed by atoms with E-state index in [0.29, 0.717) is 28.5 Å². The van der Waals surface area contributed by atoms with Crippen LogP contribution in [0.2, 0.25) is 0 Å². The number of benzene rings is 1. The van der Waals surface area contributed by atoms with Crippen molar-refractivity contribution in [2.24, 2.45) is 5.10 Å². The van der Waals surface area contributed by atoms with Crippen LogP contribution < -0.4 is 25.3 Å². The van der Waals surface area contributed by atoms with Gasteiger partial charge >= 0.3 is 5.69 Å². The van der Waals surface area contributed by atoms with Crippen molar-refractivity contribution in [1.29, 1.82) is 0 Å². The number of H-pyrrole nitrogens is 1. The number of nitrogens with one attached hydrogen (secondary N) is 2. The third-order valence-corrected chi connectivity index (χ3v) is 3.22. The van der Waals surface area contributed by atoms with Gasteiger partial charge in [0.05, 0.1) is 27.5 Å². The molecule has 1 aromatic carbocycles. The van der Waals surface area contributed by atoms with Crippen molar-refractivity contribution in [3.63, 3.8) is 0 Å². The predicted octanol–water partition coefficient (Wildman–Crippen LogP) is 0.868. The van der Waals surface area contributed by atoms with Crippen LogP contribution in [-0.4, -0.2) is 43.4 Å². The number of nitrogens with zero attached hydrogens (tertiary/aromatic N) is 2. The van der Waals surface area contributed by atoms with Gasteiger partial charge in [-0.2, -0.15) is 10.1 Å². The summed E-state index contributed by atoms with van der Waals surface area (Å²) in [6, 6.07) is 4.75. The van der Waals surface area contributed by atoms with E-state index in [1.807, 2.05) is 0 Å². The van der Waals surface area contributed by atoms with Gasteiger partial charge in [0.15, 0.2) is 11.5 Å². The maximum Gasteiger partial charge on any atom is 0.345 e. The smallest absolute Gasteiger partial charge is 0.345 e. The van der Waals surface area contributed by atoms with Crippen LogP contribution in [0.1, 0.15) is 21.7 Å². The zero-order valence-electron chi connectivity index (χ0n) is 14.2. The molecule has 1 aromatic heterocycles. The number of carbonyl (C=O) groups excluding carboxylic acids is 1. The highest BCUT2D eigenvalue weighted by Gasteiger charge is 2.11. The molecule has 0 radical (unpaired) electrons. The summed E-state index contributed by atoms with van der Waals surface area (Å²) in [5, 5.41) is 3.86. The Balaban J connectivity index is 2.21. The molecule has 2 N–H and O–H groups in total. The molecule has 9 nitrogen and oxygen atoms in total. The highest BCUT2D eigenvalue weighted by atomic mass is 16.5. The first-order chi connectivity index (χ1) is 12.0. The van der Waals surface area contributed by atoms with Gasteiger partial charge in [-0.1, -0.05) is 0 Å². The fraction of sp³-hybridized carbons (Fsp3) is 0.250. The lowest BCUT2D eigenvalue weighted by atomic mass is 10.2. The van der Waals surface area contributed by atoms with Crippen LogP contribution in [0.5, 0.6) is 17.2 Å². The zero-order chi connectivity index (χ0) is 18.4. The minimum atomic E-state index is -0.607. The summed E-state index contributed by atoms with van der Waals surface area (Å²) in [4.78, 5) is 29.3. The monoisotopic (exact) mass is 346 g/mol. The molecular formula is C16H18N4O5. The topological polar surface area (TPSA) is 115 Å². The van der Waals surface area contributed by atoms with Gasteiger partial charge in [-0.3, -0.25) is 4.79 Å². The number of ether oxygens (including phenoxy) is 3. The maximum absolute atomic E-state index is 12.0. The van der Waals surface area contributed by atoms with Gasteiger partial charge in [-0.15, -0.1) is 0 Å². The SMILES string of the molecule is COc1cc(OC)c(OC)cc1/C=N/NC(=O)c1cc(C)[nH]c(=O)n1. The molecule has 0 spiro atoms. The third-order valence-electron chi connectivity index (χ3n) is 3.22. The second kappa shape index (κ2) is 7.95. The number of aryl methyl sites for hydroxylation is 1. The molecule has 0 unspecified atom stereocenters. The molecule has 0 aliphatic carbocycles. The average molecular weight is 346 g/mol. The van der Waals surface area contributed by atoms with Gasteiger partial charge in [0.2, 0.25) is 0 Å². The normalized spacial score (nSPS) is 10.6. The van der Waals surface area contributed by atoms with Crippen LogP contribution in [0.25, 0.3) is 0 Å². The van der Waals surface area contributed by atoms with E-state index in [1.165, 1.54) is 33.6 Å². The Bertz CT molecular complexity index is 860. The molecule has 2 aromatic rings. The standard InChI is InChI=1S/C16H18N4O5/c1-9-5-11(19-16(22)18-9)15(21)20-17-8-10-6-13(24-3)14(25-4)7-12(10)23-2/h5-8H,1-4H3,(H,20,21)(H,18,19,22)/b17-8+. The summed E-state index contributed by atoms with van der Waals surface area (Å²) < 4.78 is 15.7. The highest BCUT2D eigenvalue weighted by Crippen LogP contribution is 2.33. The fourth-order valence-electron chi connectivity index (χ4n) is 2.07. The van der Waals surface area contributed by atoms with E-state index >= 15 is 0 Å². The van der Waals surface area contributed by atoms with Crippen molar-refractivity contribution in [1.82, 2.24) is 15.4 Å². The number of hydrogen-bond donors (Lipinski definition) is 2. The number of carbonyl (C=O) groups is 1. The first-order valence-corrected chi connectivity index (χ1v) is 7.20. The molecule has 0 saturated carbocycles. The molecule has 132 valence electrons. The molecule has 0 bridgehead atoms. The lowest BCUT2D eigenvalue weighted by Gasteiger charge is -2.11. The highest BCUT2D eigenvalue weighted by molar-refractivity contribution is 5.93. The van der Waals surface area contributed by atoms with Crippen molar-refractivity contribution in [3.8, 4) is 17.2 Å². The molecule has 0 aliphatic heterocycles. The molecular weight excluding hydrogens is 328 g/mol. The van der Waals surface area contributed by atoms with E-state index in [4.69, 9.17) is 14.2 Å². The van der Waals surface area contributed by atoms with E-state index < -0.39 is 11.6 Å². The summed E-state index contributed by atoms with van der Waals surface area (Å²) in [7, 11) is 4.52. The van der Waals surface area contributed by atoms with Crippen molar-refractivity contribution >= 4 is 12.1 Å². The third kappa shape index (κ3) is 4.34. The lowest BCUT2D eigenvalue weighted by Crippen LogP contribution is -2.24. The first-order valence-electron chi connectivity index (χ1n) is 7.20. The van der Waals surface area contributed by atoms with Crippen LogP contribution in [0.3, 0.4) is 0 Å². The molecule has 1 heterocycles. The van der Waals surface area contributed by atoms with Gasteiger partial charge < -0.3 is 19.2 Å². The van der Waals surface area contributed by atoms with E-state index in [1.54, 1.807) is 19.1 Å². The predicted molar refractivity (Wildman–Crippen MR) is 90.8 cm³/mol. The molecule has 25 heavy (non-hydrogen) atoms. The maximum atomic E-state index is 12.0. The average Bonchev–Trinajstić information content (AvgIpc) is 2.60. The number of aromatic nitrogens is 2.